The molecule has 1 aromatic carbocycles. The van der Waals surface area contributed by atoms with Crippen LogP contribution >= 0.6 is 0 Å². The number of rotatable bonds is 4. The molecule has 0 unspecified atom stereocenters. The smallest absolute Gasteiger partial charge is 0.263 e. The number of hydrogen-bond donors (Lipinski definition) is 0. The number of ether oxygens (including phenoxy) is 2. The minimum absolute atomic E-state index is 0.0699. The van der Waals surface area contributed by atoms with Crippen LogP contribution < -0.4 is 9.64 Å². The van der Waals surface area contributed by atoms with Crippen molar-refractivity contribution in [3.63, 3.8) is 0 Å². The van der Waals surface area contributed by atoms with E-state index in [1.165, 1.54) is 27.4 Å². The van der Waals surface area contributed by atoms with E-state index in [9.17, 15) is 13.2 Å². The number of amides is 1. The van der Waals surface area contributed by atoms with E-state index in [1.807, 2.05) is 6.92 Å². The number of carbonyl (C=O) groups is 1. The minimum atomic E-state index is -3.72. The second-order valence-electron chi connectivity index (χ2n) is 6.56. The van der Waals surface area contributed by atoms with Gasteiger partial charge in [-0.2, -0.15) is 4.31 Å². The molecule has 28 heavy (non-hydrogen) atoms. The monoisotopic (exact) mass is 403 g/mol. The van der Waals surface area contributed by atoms with Gasteiger partial charge in [-0.15, -0.1) is 0 Å². The van der Waals surface area contributed by atoms with Gasteiger partial charge in [0.25, 0.3) is 5.91 Å². The van der Waals surface area contributed by atoms with Crippen molar-refractivity contribution in [3.8, 4) is 11.5 Å². The Hall–Kier alpha value is -2.49. The van der Waals surface area contributed by atoms with E-state index >= 15 is 0 Å². The van der Waals surface area contributed by atoms with Gasteiger partial charge in [0.2, 0.25) is 10.0 Å². The van der Waals surface area contributed by atoms with Gasteiger partial charge in [0.05, 0.1) is 23.7 Å². The number of morpholine rings is 1. The first-order valence-corrected chi connectivity index (χ1v) is 10.6. The standard InChI is InChI=1S/C19H21N3O5S/c1-2-8-22-18-17(4-3-7-20-18)27-16-6-5-14(13-15(16)19(22)23)28(24,25)21-9-11-26-12-10-21/h3-7,13H,2,8-12H2,1H3. The molecule has 0 saturated carbocycles. The Kier molecular flexibility index (Phi) is 5.05. The van der Waals surface area contributed by atoms with Crippen LogP contribution in [-0.2, 0) is 14.8 Å². The summed E-state index contributed by atoms with van der Waals surface area (Å²) in [5.74, 6) is 0.891. The van der Waals surface area contributed by atoms with Crippen LogP contribution in [0.3, 0.4) is 0 Å². The first kappa shape index (κ1) is 18.9. The fourth-order valence-electron chi connectivity index (χ4n) is 3.32. The quantitative estimate of drug-likeness (QED) is 0.778. The number of pyridine rings is 1. The summed E-state index contributed by atoms with van der Waals surface area (Å²) in [6.45, 7) is 3.71. The molecule has 0 aliphatic carbocycles. The van der Waals surface area contributed by atoms with E-state index in [2.05, 4.69) is 4.98 Å². The van der Waals surface area contributed by atoms with Gasteiger partial charge in [0.1, 0.15) is 5.75 Å². The molecule has 148 valence electrons. The normalized spacial score (nSPS) is 17.5. The maximum atomic E-state index is 13.2. The molecule has 0 bridgehead atoms. The number of carbonyl (C=O) groups excluding carboxylic acids is 1. The van der Waals surface area contributed by atoms with Crippen LogP contribution in [0.25, 0.3) is 0 Å². The van der Waals surface area contributed by atoms with Gasteiger partial charge in [0, 0.05) is 25.8 Å². The summed E-state index contributed by atoms with van der Waals surface area (Å²) >= 11 is 0. The zero-order chi connectivity index (χ0) is 19.7. The Morgan fingerprint density at radius 2 is 1.93 bits per heavy atom. The molecule has 8 nitrogen and oxygen atoms in total. The molecule has 0 spiro atoms. The van der Waals surface area contributed by atoms with Crippen molar-refractivity contribution in [2.24, 2.45) is 0 Å². The van der Waals surface area contributed by atoms with E-state index in [4.69, 9.17) is 9.47 Å². The molecule has 4 rings (SSSR count). The largest absolute Gasteiger partial charge is 0.453 e. The number of hydrogen-bond acceptors (Lipinski definition) is 6. The summed E-state index contributed by atoms with van der Waals surface area (Å²) in [5.41, 5.74) is 0.209. The third kappa shape index (κ3) is 3.25. The van der Waals surface area contributed by atoms with Gasteiger partial charge < -0.3 is 9.47 Å². The molecule has 1 fully saturated rings. The first-order valence-electron chi connectivity index (χ1n) is 9.19. The number of fused-ring (bicyclic) bond motifs is 2. The third-order valence-electron chi connectivity index (χ3n) is 4.71. The lowest BCUT2D eigenvalue weighted by Gasteiger charge is -2.26. The van der Waals surface area contributed by atoms with E-state index in [0.29, 0.717) is 50.2 Å². The van der Waals surface area contributed by atoms with Crippen LogP contribution in [0, 0.1) is 0 Å². The highest BCUT2D eigenvalue weighted by Gasteiger charge is 2.32. The highest BCUT2D eigenvalue weighted by Crippen LogP contribution is 2.38. The Labute approximate surface area is 163 Å². The van der Waals surface area contributed by atoms with Crippen LogP contribution in [-0.4, -0.2) is 56.5 Å². The zero-order valence-corrected chi connectivity index (χ0v) is 16.3. The lowest BCUT2D eigenvalue weighted by atomic mass is 10.1. The van der Waals surface area contributed by atoms with Crippen LogP contribution in [0.1, 0.15) is 23.7 Å². The molecule has 1 amide bonds. The number of benzene rings is 1. The average molecular weight is 403 g/mol. The molecule has 2 aliphatic heterocycles. The summed E-state index contributed by atoms with van der Waals surface area (Å²) in [6, 6.07) is 7.88. The molecule has 2 aliphatic rings. The maximum Gasteiger partial charge on any atom is 0.263 e. The number of anilines is 1. The van der Waals surface area contributed by atoms with Crippen LogP contribution in [0.15, 0.2) is 41.4 Å². The fourth-order valence-corrected chi connectivity index (χ4v) is 4.75. The van der Waals surface area contributed by atoms with Gasteiger partial charge in [-0.25, -0.2) is 13.4 Å². The van der Waals surface area contributed by atoms with Gasteiger partial charge in [-0.1, -0.05) is 6.92 Å². The number of aromatic nitrogens is 1. The van der Waals surface area contributed by atoms with Crippen molar-refractivity contribution < 1.29 is 22.7 Å². The lowest BCUT2D eigenvalue weighted by molar-refractivity contribution is 0.0730. The van der Waals surface area contributed by atoms with E-state index < -0.39 is 10.0 Å². The summed E-state index contributed by atoms with van der Waals surface area (Å²) in [7, 11) is -3.72. The second-order valence-corrected chi connectivity index (χ2v) is 8.50. The predicted octanol–water partition coefficient (Wildman–Crippen LogP) is 2.26. The molecule has 0 radical (unpaired) electrons. The molecule has 1 saturated heterocycles. The molecule has 9 heteroatoms. The van der Waals surface area contributed by atoms with Crippen molar-refractivity contribution >= 4 is 21.7 Å². The third-order valence-corrected chi connectivity index (χ3v) is 6.60. The Morgan fingerprint density at radius 1 is 1.14 bits per heavy atom. The van der Waals surface area contributed by atoms with Gasteiger partial charge >= 0.3 is 0 Å². The molecular formula is C19H21N3O5S. The van der Waals surface area contributed by atoms with E-state index in [-0.39, 0.29) is 16.4 Å². The molecule has 2 aromatic rings. The summed E-state index contributed by atoms with van der Waals surface area (Å²) in [5, 5.41) is 0. The van der Waals surface area contributed by atoms with Crippen molar-refractivity contribution in [2.75, 3.05) is 37.7 Å². The lowest BCUT2D eigenvalue weighted by Crippen LogP contribution is -2.40. The Balaban J connectivity index is 1.78. The zero-order valence-electron chi connectivity index (χ0n) is 15.5. The molecule has 1 aromatic heterocycles. The SMILES string of the molecule is CCCN1C(=O)c2cc(S(=O)(=O)N3CCOCC3)ccc2Oc2cccnc21. The maximum absolute atomic E-state index is 13.2. The van der Waals surface area contributed by atoms with Crippen molar-refractivity contribution in [1.82, 2.24) is 9.29 Å². The Morgan fingerprint density at radius 3 is 2.68 bits per heavy atom. The van der Waals surface area contributed by atoms with E-state index in [1.54, 1.807) is 18.3 Å². The number of sulfonamides is 1. The topological polar surface area (TPSA) is 89.0 Å². The summed E-state index contributed by atoms with van der Waals surface area (Å²) in [6.07, 6.45) is 2.32. The van der Waals surface area contributed by atoms with Crippen LogP contribution in [0.4, 0.5) is 5.82 Å². The highest BCUT2D eigenvalue weighted by molar-refractivity contribution is 7.89. The van der Waals surface area contributed by atoms with Crippen molar-refractivity contribution in [2.45, 2.75) is 18.2 Å². The van der Waals surface area contributed by atoms with E-state index in [0.717, 1.165) is 6.42 Å². The van der Waals surface area contributed by atoms with Crippen molar-refractivity contribution in [3.05, 3.63) is 42.1 Å². The van der Waals surface area contributed by atoms with Crippen LogP contribution in [0.2, 0.25) is 0 Å². The summed E-state index contributed by atoms with van der Waals surface area (Å²) in [4.78, 5) is 19.1. The average Bonchev–Trinajstić information content (AvgIpc) is 2.84. The highest BCUT2D eigenvalue weighted by atomic mass is 32.2. The molecular weight excluding hydrogens is 382 g/mol. The van der Waals surface area contributed by atoms with Gasteiger partial charge in [0.15, 0.2) is 11.6 Å². The molecule has 0 atom stereocenters. The van der Waals surface area contributed by atoms with Gasteiger partial charge in [-0.3, -0.25) is 9.69 Å². The minimum Gasteiger partial charge on any atom is -0.453 e. The molecule has 3 heterocycles. The van der Waals surface area contributed by atoms with Crippen LogP contribution in [0.5, 0.6) is 11.5 Å². The second kappa shape index (κ2) is 7.50. The molecule has 0 N–H and O–H groups in total. The van der Waals surface area contributed by atoms with Gasteiger partial charge in [-0.05, 0) is 36.8 Å². The predicted molar refractivity (Wildman–Crippen MR) is 102 cm³/mol. The Bertz CT molecular complexity index is 1000. The fraction of sp³-hybridized carbons (Fsp3) is 0.368. The van der Waals surface area contributed by atoms with Crippen molar-refractivity contribution in [1.29, 1.82) is 0 Å². The number of nitrogens with zero attached hydrogens (tertiary/aromatic N) is 3. The first-order chi connectivity index (χ1) is 13.5. The summed E-state index contributed by atoms with van der Waals surface area (Å²) < 4.78 is 38.5.